The second kappa shape index (κ2) is 5.21. The molecule has 3 atom stereocenters. The maximum absolute atomic E-state index is 11.7. The summed E-state index contributed by atoms with van der Waals surface area (Å²) in [6.45, 7) is 4.90. The maximum Gasteiger partial charge on any atom is 0.311 e. The summed E-state index contributed by atoms with van der Waals surface area (Å²) in [5.74, 6) is 0.249. The molecule has 1 aromatic rings. The third-order valence-electron chi connectivity index (χ3n) is 5.27. The van der Waals surface area contributed by atoms with Crippen molar-refractivity contribution in [2.45, 2.75) is 32.1 Å². The Morgan fingerprint density at radius 2 is 2.20 bits per heavy atom. The molecule has 1 heterocycles. The van der Waals surface area contributed by atoms with Gasteiger partial charge in [-0.05, 0) is 30.2 Å². The lowest BCUT2D eigenvalue weighted by Gasteiger charge is -2.25. The van der Waals surface area contributed by atoms with Crippen LogP contribution < -0.4 is 0 Å². The molecule has 108 valence electrons. The normalized spacial score (nSPS) is 31.1. The Hall–Kier alpha value is -1.35. The molecule has 0 radical (unpaired) electrons. The molecule has 3 heteroatoms. The van der Waals surface area contributed by atoms with Gasteiger partial charge in [-0.3, -0.25) is 4.79 Å². The number of aliphatic carboxylic acids is 1. The monoisotopic (exact) mass is 273 g/mol. The largest absolute Gasteiger partial charge is 0.481 e. The van der Waals surface area contributed by atoms with Gasteiger partial charge < -0.3 is 10.0 Å². The highest BCUT2D eigenvalue weighted by Crippen LogP contribution is 2.49. The predicted molar refractivity (Wildman–Crippen MR) is 78.7 cm³/mol. The standard InChI is InChI=1S/C17H23NO2/c1-13(14-6-3-2-4-7-14)10-18-11-15-8-5-9-17(15,12-18)16(19)20/h2-4,6-7,13,15H,5,8-12H2,1H3,(H,19,20)/t13?,15-,17+/m0/s1. The molecule has 1 N–H and O–H groups in total. The van der Waals surface area contributed by atoms with Crippen LogP contribution in [0.5, 0.6) is 0 Å². The number of rotatable bonds is 4. The fourth-order valence-electron chi connectivity index (χ4n) is 4.16. The molecule has 3 rings (SSSR count). The molecule has 1 saturated heterocycles. The molecule has 1 aromatic carbocycles. The summed E-state index contributed by atoms with van der Waals surface area (Å²) in [6, 6.07) is 10.5. The summed E-state index contributed by atoms with van der Waals surface area (Å²) >= 11 is 0. The molecule has 0 aromatic heterocycles. The first kappa shape index (κ1) is 13.6. The van der Waals surface area contributed by atoms with Gasteiger partial charge in [-0.1, -0.05) is 43.7 Å². The predicted octanol–water partition coefficient (Wildman–Crippen LogP) is 2.98. The summed E-state index contributed by atoms with van der Waals surface area (Å²) in [6.07, 6.45) is 3.03. The van der Waals surface area contributed by atoms with Crippen LogP contribution >= 0.6 is 0 Å². The third-order valence-corrected chi connectivity index (χ3v) is 5.27. The average Bonchev–Trinajstić information content (AvgIpc) is 2.97. The fraction of sp³-hybridized carbons (Fsp3) is 0.588. The van der Waals surface area contributed by atoms with E-state index in [2.05, 4.69) is 36.1 Å². The van der Waals surface area contributed by atoms with Gasteiger partial charge in [0.2, 0.25) is 0 Å². The molecule has 1 saturated carbocycles. The number of carboxylic acids is 1. The van der Waals surface area contributed by atoms with E-state index in [4.69, 9.17) is 0 Å². The first-order valence-electron chi connectivity index (χ1n) is 7.62. The number of hydrogen-bond donors (Lipinski definition) is 1. The van der Waals surface area contributed by atoms with Crippen LogP contribution in [0.4, 0.5) is 0 Å². The zero-order chi connectivity index (χ0) is 14.2. The molecule has 3 nitrogen and oxygen atoms in total. The number of nitrogens with zero attached hydrogens (tertiary/aromatic N) is 1. The van der Waals surface area contributed by atoms with E-state index in [1.165, 1.54) is 5.56 Å². The van der Waals surface area contributed by atoms with Gasteiger partial charge in [-0.2, -0.15) is 0 Å². The van der Waals surface area contributed by atoms with Gasteiger partial charge >= 0.3 is 5.97 Å². The van der Waals surface area contributed by atoms with Gasteiger partial charge in [0.05, 0.1) is 5.41 Å². The van der Waals surface area contributed by atoms with Crippen LogP contribution in [-0.4, -0.2) is 35.6 Å². The molecule has 2 fully saturated rings. The van der Waals surface area contributed by atoms with Gasteiger partial charge in [-0.25, -0.2) is 0 Å². The van der Waals surface area contributed by atoms with E-state index in [0.717, 1.165) is 38.9 Å². The van der Waals surface area contributed by atoms with Crippen LogP contribution in [0.2, 0.25) is 0 Å². The molecule has 20 heavy (non-hydrogen) atoms. The van der Waals surface area contributed by atoms with Crippen LogP contribution in [0.3, 0.4) is 0 Å². The zero-order valence-corrected chi connectivity index (χ0v) is 12.1. The number of benzene rings is 1. The SMILES string of the molecule is CC(CN1C[C@@H]2CCC[C@@]2(C(=O)O)C1)c1ccccc1. The second-order valence-electron chi connectivity index (χ2n) is 6.56. The summed E-state index contributed by atoms with van der Waals surface area (Å²) in [7, 11) is 0. The summed E-state index contributed by atoms with van der Waals surface area (Å²) < 4.78 is 0. The summed E-state index contributed by atoms with van der Waals surface area (Å²) in [5.41, 5.74) is 0.894. The van der Waals surface area contributed by atoms with Gasteiger partial charge in [0.15, 0.2) is 0 Å². The van der Waals surface area contributed by atoms with E-state index in [1.807, 2.05) is 6.07 Å². The van der Waals surface area contributed by atoms with Crippen LogP contribution in [0.15, 0.2) is 30.3 Å². The smallest absolute Gasteiger partial charge is 0.311 e. The van der Waals surface area contributed by atoms with E-state index in [-0.39, 0.29) is 0 Å². The van der Waals surface area contributed by atoms with Crippen molar-refractivity contribution in [3.63, 3.8) is 0 Å². The van der Waals surface area contributed by atoms with Gasteiger partial charge in [-0.15, -0.1) is 0 Å². The second-order valence-corrected chi connectivity index (χ2v) is 6.56. The number of carboxylic acid groups (broad SMARTS) is 1. The highest BCUT2D eigenvalue weighted by molar-refractivity contribution is 5.76. The highest BCUT2D eigenvalue weighted by atomic mass is 16.4. The Bertz CT molecular complexity index is 487. The number of likely N-dealkylation sites (tertiary alicyclic amines) is 1. The molecule has 0 spiro atoms. The number of hydrogen-bond acceptors (Lipinski definition) is 2. The zero-order valence-electron chi connectivity index (χ0n) is 12.1. The minimum Gasteiger partial charge on any atom is -0.481 e. The maximum atomic E-state index is 11.7. The van der Waals surface area contributed by atoms with Crippen LogP contribution in [0, 0.1) is 11.3 Å². The number of carbonyl (C=O) groups is 1. The first-order chi connectivity index (χ1) is 9.62. The molecule has 0 amide bonds. The Morgan fingerprint density at radius 1 is 1.45 bits per heavy atom. The van der Waals surface area contributed by atoms with E-state index >= 15 is 0 Å². The van der Waals surface area contributed by atoms with E-state index in [0.29, 0.717) is 11.8 Å². The van der Waals surface area contributed by atoms with Crippen molar-refractivity contribution in [2.75, 3.05) is 19.6 Å². The topological polar surface area (TPSA) is 40.5 Å². The Labute approximate surface area is 120 Å². The van der Waals surface area contributed by atoms with Crippen molar-refractivity contribution >= 4 is 5.97 Å². The molecular weight excluding hydrogens is 250 g/mol. The van der Waals surface area contributed by atoms with Crippen molar-refractivity contribution in [1.82, 2.24) is 4.90 Å². The van der Waals surface area contributed by atoms with Crippen molar-refractivity contribution < 1.29 is 9.90 Å². The van der Waals surface area contributed by atoms with E-state index < -0.39 is 11.4 Å². The van der Waals surface area contributed by atoms with Crippen molar-refractivity contribution in [3.05, 3.63) is 35.9 Å². The van der Waals surface area contributed by atoms with Crippen molar-refractivity contribution in [2.24, 2.45) is 11.3 Å². The Kier molecular flexibility index (Phi) is 3.55. The average molecular weight is 273 g/mol. The van der Waals surface area contributed by atoms with Crippen molar-refractivity contribution in [3.8, 4) is 0 Å². The molecule has 2 aliphatic rings. The summed E-state index contributed by atoms with van der Waals surface area (Å²) in [4.78, 5) is 14.1. The lowest BCUT2D eigenvalue weighted by molar-refractivity contribution is -0.149. The lowest BCUT2D eigenvalue weighted by Crippen LogP contribution is -2.36. The molecule has 0 bridgehead atoms. The van der Waals surface area contributed by atoms with Gasteiger partial charge in [0, 0.05) is 19.6 Å². The van der Waals surface area contributed by atoms with Crippen LogP contribution in [0.25, 0.3) is 0 Å². The summed E-state index contributed by atoms with van der Waals surface area (Å²) in [5, 5.41) is 9.62. The first-order valence-corrected chi connectivity index (χ1v) is 7.62. The fourth-order valence-corrected chi connectivity index (χ4v) is 4.16. The quantitative estimate of drug-likeness (QED) is 0.917. The number of fused-ring (bicyclic) bond motifs is 1. The van der Waals surface area contributed by atoms with Gasteiger partial charge in [0.1, 0.15) is 0 Å². The molecule has 1 unspecified atom stereocenters. The third kappa shape index (κ3) is 2.24. The molecule has 1 aliphatic carbocycles. The minimum atomic E-state index is -0.574. The van der Waals surface area contributed by atoms with Gasteiger partial charge in [0.25, 0.3) is 0 Å². The van der Waals surface area contributed by atoms with E-state index in [1.54, 1.807) is 0 Å². The highest BCUT2D eigenvalue weighted by Gasteiger charge is 2.54. The van der Waals surface area contributed by atoms with Crippen molar-refractivity contribution in [1.29, 1.82) is 0 Å². The molecule has 1 aliphatic heterocycles. The Morgan fingerprint density at radius 3 is 2.85 bits per heavy atom. The lowest BCUT2D eigenvalue weighted by atomic mass is 9.81. The van der Waals surface area contributed by atoms with Crippen LogP contribution in [-0.2, 0) is 4.79 Å². The van der Waals surface area contributed by atoms with E-state index in [9.17, 15) is 9.90 Å². The Balaban J connectivity index is 1.68. The minimum absolute atomic E-state index is 0.364. The molecular formula is C17H23NO2. The van der Waals surface area contributed by atoms with Crippen LogP contribution in [0.1, 0.15) is 37.7 Å².